The average Bonchev–Trinajstić information content (AvgIpc) is 2.24. The van der Waals surface area contributed by atoms with Crippen LogP contribution in [0.5, 0.6) is 0 Å². The molecule has 0 aliphatic carbocycles. The Morgan fingerprint density at radius 1 is 1.56 bits per heavy atom. The van der Waals surface area contributed by atoms with E-state index in [-0.39, 0.29) is 6.03 Å². The average molecular weight is 259 g/mol. The third-order valence-electron chi connectivity index (χ3n) is 2.03. The van der Waals surface area contributed by atoms with E-state index in [9.17, 15) is 4.79 Å². The molecule has 0 aliphatic rings. The molecule has 0 radical (unpaired) electrons. The number of nitrogens with zero attached hydrogens (tertiary/aromatic N) is 1. The molecule has 0 heterocycles. The molecule has 0 aromatic heterocycles. The van der Waals surface area contributed by atoms with Crippen molar-refractivity contribution < 1.29 is 4.79 Å². The van der Waals surface area contributed by atoms with Crippen LogP contribution in [0.4, 0.5) is 10.5 Å². The Hall–Kier alpha value is -0.870. The minimum absolute atomic E-state index is 0.147. The number of urea groups is 1. The number of carbonyl (C=O) groups is 1. The van der Waals surface area contributed by atoms with Crippen molar-refractivity contribution in [3.63, 3.8) is 0 Å². The maximum absolute atomic E-state index is 11.6. The lowest BCUT2D eigenvalue weighted by Crippen LogP contribution is -2.25. The first-order valence-corrected chi connectivity index (χ1v) is 6.30. The van der Waals surface area contributed by atoms with E-state index in [0.29, 0.717) is 10.7 Å². The zero-order valence-electron chi connectivity index (χ0n) is 9.58. The fraction of sp³-hybridized carbons (Fsp3) is 0.364. The van der Waals surface area contributed by atoms with Crippen LogP contribution in [0.15, 0.2) is 18.2 Å². The number of rotatable bonds is 3. The number of carbonyl (C=O) groups excluding carboxylic acids is 1. The van der Waals surface area contributed by atoms with E-state index in [0.717, 1.165) is 11.3 Å². The van der Waals surface area contributed by atoms with Crippen molar-refractivity contribution in [2.75, 3.05) is 18.1 Å². The minimum Gasteiger partial charge on any atom is -0.307 e. The highest BCUT2D eigenvalue weighted by atomic mass is 35.5. The van der Waals surface area contributed by atoms with Crippen molar-refractivity contribution in [2.45, 2.75) is 13.8 Å². The molecule has 0 aliphatic heterocycles. The second kappa shape index (κ2) is 6.01. The third kappa shape index (κ3) is 3.61. The van der Waals surface area contributed by atoms with Crippen LogP contribution in [0, 0.1) is 6.92 Å². The summed E-state index contributed by atoms with van der Waals surface area (Å²) in [4.78, 5) is 11.6. The van der Waals surface area contributed by atoms with Crippen LogP contribution >= 0.6 is 23.5 Å². The molecule has 1 aromatic rings. The Labute approximate surface area is 105 Å². The zero-order valence-corrected chi connectivity index (χ0v) is 11.2. The monoisotopic (exact) mass is 258 g/mol. The van der Waals surface area contributed by atoms with E-state index in [1.807, 2.05) is 26.0 Å². The molecule has 2 amide bonds. The van der Waals surface area contributed by atoms with Gasteiger partial charge in [-0.15, -0.1) is 0 Å². The first kappa shape index (κ1) is 13.2. The van der Waals surface area contributed by atoms with Gasteiger partial charge in [-0.1, -0.05) is 24.6 Å². The molecule has 3 nitrogen and oxygen atoms in total. The highest BCUT2D eigenvalue weighted by Gasteiger charge is 2.08. The quantitative estimate of drug-likeness (QED) is 0.837. The van der Waals surface area contributed by atoms with Crippen LogP contribution in [0.3, 0.4) is 0 Å². The van der Waals surface area contributed by atoms with Crippen LogP contribution in [-0.4, -0.2) is 23.1 Å². The summed E-state index contributed by atoms with van der Waals surface area (Å²) in [6, 6.07) is 5.32. The molecule has 0 spiro atoms. The van der Waals surface area contributed by atoms with Crippen molar-refractivity contribution in [2.24, 2.45) is 0 Å². The number of halogens is 1. The summed E-state index contributed by atoms with van der Waals surface area (Å²) in [5.74, 6) is 0.860. The fourth-order valence-electron chi connectivity index (χ4n) is 1.13. The van der Waals surface area contributed by atoms with Gasteiger partial charge in [0.25, 0.3) is 0 Å². The van der Waals surface area contributed by atoms with Crippen LogP contribution in [0.1, 0.15) is 12.5 Å². The molecule has 0 fully saturated rings. The first-order valence-electron chi connectivity index (χ1n) is 4.98. The van der Waals surface area contributed by atoms with E-state index >= 15 is 0 Å². The van der Waals surface area contributed by atoms with Crippen molar-refractivity contribution in [3.8, 4) is 0 Å². The van der Waals surface area contributed by atoms with E-state index in [1.165, 1.54) is 11.9 Å². The molecule has 16 heavy (non-hydrogen) atoms. The molecule has 0 saturated heterocycles. The molecule has 1 rings (SSSR count). The van der Waals surface area contributed by atoms with Gasteiger partial charge in [0, 0.05) is 23.5 Å². The minimum atomic E-state index is -0.147. The van der Waals surface area contributed by atoms with Crippen molar-refractivity contribution in [3.05, 3.63) is 28.8 Å². The van der Waals surface area contributed by atoms with Gasteiger partial charge in [0.15, 0.2) is 0 Å². The van der Waals surface area contributed by atoms with Crippen LogP contribution in [-0.2, 0) is 0 Å². The number of hydrogen-bond acceptors (Lipinski definition) is 2. The lowest BCUT2D eigenvalue weighted by Gasteiger charge is -2.15. The standard InChI is InChI=1S/C11H15ClN2OS/c1-4-16-14(3)11(15)13-9-6-5-8(2)10(12)7-9/h5-7H,4H2,1-3H3,(H,13,15). The molecule has 5 heteroatoms. The van der Waals surface area contributed by atoms with Gasteiger partial charge in [0.1, 0.15) is 0 Å². The van der Waals surface area contributed by atoms with Gasteiger partial charge < -0.3 is 5.32 Å². The van der Waals surface area contributed by atoms with E-state index in [1.54, 1.807) is 17.4 Å². The maximum atomic E-state index is 11.6. The SMILES string of the molecule is CCSN(C)C(=O)Nc1ccc(C)c(Cl)c1. The highest BCUT2D eigenvalue weighted by molar-refractivity contribution is 7.97. The second-order valence-electron chi connectivity index (χ2n) is 3.31. The van der Waals surface area contributed by atoms with Gasteiger partial charge in [-0.25, -0.2) is 4.79 Å². The Bertz CT molecular complexity index is 384. The van der Waals surface area contributed by atoms with E-state index in [4.69, 9.17) is 11.6 Å². The Morgan fingerprint density at radius 3 is 2.81 bits per heavy atom. The van der Waals surface area contributed by atoms with Crippen LogP contribution in [0.25, 0.3) is 0 Å². The van der Waals surface area contributed by atoms with Crippen LogP contribution in [0.2, 0.25) is 5.02 Å². The maximum Gasteiger partial charge on any atom is 0.331 e. The largest absolute Gasteiger partial charge is 0.331 e. The molecule has 1 aromatic carbocycles. The lowest BCUT2D eigenvalue weighted by atomic mass is 10.2. The first-order chi connectivity index (χ1) is 7.54. The number of anilines is 1. The smallest absolute Gasteiger partial charge is 0.307 e. The summed E-state index contributed by atoms with van der Waals surface area (Å²) in [6.45, 7) is 3.92. The molecule has 0 saturated carbocycles. The lowest BCUT2D eigenvalue weighted by molar-refractivity contribution is 0.243. The normalized spacial score (nSPS) is 10.0. The molecule has 0 unspecified atom stereocenters. The summed E-state index contributed by atoms with van der Waals surface area (Å²) in [5, 5.41) is 3.43. The predicted octanol–water partition coefficient (Wildman–Crippen LogP) is 3.78. The molecule has 88 valence electrons. The van der Waals surface area contributed by atoms with Gasteiger partial charge in [0.2, 0.25) is 0 Å². The zero-order chi connectivity index (χ0) is 12.1. The summed E-state index contributed by atoms with van der Waals surface area (Å²) < 4.78 is 1.56. The number of nitrogens with one attached hydrogen (secondary N) is 1. The highest BCUT2D eigenvalue weighted by Crippen LogP contribution is 2.20. The molecule has 0 atom stereocenters. The van der Waals surface area contributed by atoms with E-state index in [2.05, 4.69) is 5.32 Å². The van der Waals surface area contributed by atoms with Gasteiger partial charge in [-0.3, -0.25) is 4.31 Å². The molecular formula is C11H15ClN2OS. The van der Waals surface area contributed by atoms with Gasteiger partial charge in [-0.05, 0) is 36.6 Å². The van der Waals surface area contributed by atoms with Crippen molar-refractivity contribution in [1.29, 1.82) is 0 Å². The summed E-state index contributed by atoms with van der Waals surface area (Å²) in [7, 11) is 1.74. The third-order valence-corrected chi connectivity index (χ3v) is 3.25. The second-order valence-corrected chi connectivity index (χ2v) is 5.10. The number of benzene rings is 1. The van der Waals surface area contributed by atoms with Crippen molar-refractivity contribution >= 4 is 35.3 Å². The molecule has 1 N–H and O–H groups in total. The summed E-state index contributed by atoms with van der Waals surface area (Å²) >= 11 is 7.42. The van der Waals surface area contributed by atoms with Crippen molar-refractivity contribution in [1.82, 2.24) is 4.31 Å². The topological polar surface area (TPSA) is 32.3 Å². The molecule has 0 bridgehead atoms. The van der Waals surface area contributed by atoms with Gasteiger partial charge in [-0.2, -0.15) is 0 Å². The Balaban J connectivity index is 2.66. The van der Waals surface area contributed by atoms with Gasteiger partial charge >= 0.3 is 6.03 Å². The number of amides is 2. The predicted molar refractivity (Wildman–Crippen MR) is 71.1 cm³/mol. The Morgan fingerprint density at radius 2 is 2.25 bits per heavy atom. The molecular weight excluding hydrogens is 244 g/mol. The van der Waals surface area contributed by atoms with E-state index < -0.39 is 0 Å². The summed E-state index contributed by atoms with van der Waals surface area (Å²) in [5.41, 5.74) is 1.71. The fourth-order valence-corrected chi connectivity index (χ4v) is 1.86. The van der Waals surface area contributed by atoms with Crippen LogP contribution < -0.4 is 5.32 Å². The van der Waals surface area contributed by atoms with Gasteiger partial charge in [0.05, 0.1) is 0 Å². The number of hydrogen-bond donors (Lipinski definition) is 1. The summed E-state index contributed by atoms with van der Waals surface area (Å²) in [6.07, 6.45) is 0. The number of aryl methyl sites for hydroxylation is 1. The Kier molecular flexibility index (Phi) is 4.96.